The molecule has 0 aromatic heterocycles. The number of ether oxygens (including phenoxy) is 1. The van der Waals surface area contributed by atoms with Crippen molar-refractivity contribution in [3.8, 4) is 5.75 Å². The first kappa shape index (κ1) is 20.8. The SMILES string of the molecule is CCC(C)(S)c1ccc([S+](c2ccccc2)c2ccc(OCCO)cc2)cc1. The molecule has 2 atom stereocenters. The van der Waals surface area contributed by atoms with Gasteiger partial charge < -0.3 is 9.84 Å². The Morgan fingerprint density at radius 3 is 1.93 bits per heavy atom. The van der Waals surface area contributed by atoms with Crippen molar-refractivity contribution < 1.29 is 9.84 Å². The van der Waals surface area contributed by atoms with Gasteiger partial charge in [0.2, 0.25) is 0 Å². The first-order chi connectivity index (χ1) is 13.5. The second-order valence-corrected chi connectivity index (χ2v) is 9.83. The Balaban J connectivity index is 1.97. The molecule has 0 aliphatic carbocycles. The van der Waals surface area contributed by atoms with Crippen LogP contribution in [0.25, 0.3) is 0 Å². The van der Waals surface area contributed by atoms with E-state index >= 15 is 0 Å². The Labute approximate surface area is 176 Å². The van der Waals surface area contributed by atoms with E-state index in [0.29, 0.717) is 6.61 Å². The fourth-order valence-corrected chi connectivity index (χ4v) is 5.17. The van der Waals surface area contributed by atoms with Crippen molar-refractivity contribution in [2.45, 2.75) is 39.7 Å². The van der Waals surface area contributed by atoms with Crippen LogP contribution in [0.2, 0.25) is 0 Å². The van der Waals surface area contributed by atoms with Gasteiger partial charge in [0.05, 0.1) is 17.5 Å². The first-order valence-electron chi connectivity index (χ1n) is 9.51. The van der Waals surface area contributed by atoms with Gasteiger partial charge in [-0.05, 0) is 67.4 Å². The molecule has 0 bridgehead atoms. The Kier molecular flexibility index (Phi) is 7.11. The molecule has 2 nitrogen and oxygen atoms in total. The number of rotatable bonds is 8. The van der Waals surface area contributed by atoms with Gasteiger partial charge >= 0.3 is 0 Å². The lowest BCUT2D eigenvalue weighted by Gasteiger charge is -2.22. The molecular formula is C24H27O2S2+. The first-order valence-corrected chi connectivity index (χ1v) is 11.2. The summed E-state index contributed by atoms with van der Waals surface area (Å²) in [5.41, 5.74) is 1.24. The van der Waals surface area contributed by atoms with Gasteiger partial charge in [-0.3, -0.25) is 0 Å². The largest absolute Gasteiger partial charge is 0.491 e. The molecule has 3 rings (SSSR count). The number of thiol groups is 1. The fraction of sp³-hybridized carbons (Fsp3) is 0.250. The van der Waals surface area contributed by atoms with Crippen molar-refractivity contribution in [2.24, 2.45) is 0 Å². The van der Waals surface area contributed by atoms with Gasteiger partial charge in [0.1, 0.15) is 12.4 Å². The summed E-state index contributed by atoms with van der Waals surface area (Å²) in [4.78, 5) is 3.79. The van der Waals surface area contributed by atoms with Crippen LogP contribution in [-0.2, 0) is 15.6 Å². The van der Waals surface area contributed by atoms with Crippen molar-refractivity contribution in [1.29, 1.82) is 0 Å². The summed E-state index contributed by atoms with van der Waals surface area (Å²) in [6.07, 6.45) is 0.981. The van der Waals surface area contributed by atoms with Crippen LogP contribution < -0.4 is 4.74 Å². The molecule has 28 heavy (non-hydrogen) atoms. The molecule has 3 aromatic carbocycles. The highest BCUT2D eigenvalue weighted by molar-refractivity contribution is 7.97. The van der Waals surface area contributed by atoms with Gasteiger partial charge in [-0.15, -0.1) is 0 Å². The van der Waals surface area contributed by atoms with Gasteiger partial charge in [-0.2, -0.15) is 12.6 Å². The van der Waals surface area contributed by atoms with Gasteiger partial charge in [-0.1, -0.05) is 37.3 Å². The minimum absolute atomic E-state index is 0.0182. The molecule has 4 heteroatoms. The highest BCUT2D eigenvalue weighted by Crippen LogP contribution is 2.35. The Bertz CT molecular complexity index is 859. The van der Waals surface area contributed by atoms with E-state index in [2.05, 4.69) is 74.5 Å². The average molecular weight is 412 g/mol. The minimum Gasteiger partial charge on any atom is -0.491 e. The van der Waals surface area contributed by atoms with E-state index in [-0.39, 0.29) is 22.2 Å². The number of benzene rings is 3. The smallest absolute Gasteiger partial charge is 0.166 e. The summed E-state index contributed by atoms with van der Waals surface area (Å²) >= 11 is 4.81. The zero-order valence-electron chi connectivity index (χ0n) is 16.3. The molecule has 0 amide bonds. The molecule has 0 heterocycles. The second kappa shape index (κ2) is 9.55. The number of hydrogen-bond acceptors (Lipinski definition) is 3. The topological polar surface area (TPSA) is 29.5 Å². The summed E-state index contributed by atoms with van der Waals surface area (Å²) in [5, 5.41) is 8.94. The normalized spacial score (nSPS) is 14.3. The molecule has 0 fully saturated rings. The molecule has 2 unspecified atom stereocenters. The molecule has 1 N–H and O–H groups in total. The molecule has 146 valence electrons. The van der Waals surface area contributed by atoms with Gasteiger partial charge in [-0.25, -0.2) is 0 Å². The Morgan fingerprint density at radius 2 is 1.39 bits per heavy atom. The maximum atomic E-state index is 8.94. The lowest BCUT2D eigenvalue weighted by Crippen LogP contribution is -2.12. The van der Waals surface area contributed by atoms with Crippen LogP contribution in [-0.4, -0.2) is 18.3 Å². The summed E-state index contributed by atoms with van der Waals surface area (Å²) in [7, 11) is -0.196. The zero-order valence-corrected chi connectivity index (χ0v) is 18.0. The van der Waals surface area contributed by atoms with Gasteiger partial charge in [0, 0.05) is 4.75 Å². The fourth-order valence-electron chi connectivity index (χ4n) is 2.95. The third kappa shape index (κ3) is 4.93. The predicted molar refractivity (Wildman–Crippen MR) is 121 cm³/mol. The highest BCUT2D eigenvalue weighted by Gasteiger charge is 2.29. The molecule has 0 radical (unpaired) electrons. The summed E-state index contributed by atoms with van der Waals surface area (Å²) < 4.78 is 5.40. The lowest BCUT2D eigenvalue weighted by atomic mass is 9.98. The summed E-state index contributed by atoms with van der Waals surface area (Å²) in [6, 6.07) is 27.6. The summed E-state index contributed by atoms with van der Waals surface area (Å²) in [5.74, 6) is 0.776. The van der Waals surface area contributed by atoms with Crippen LogP contribution in [0, 0.1) is 0 Å². The van der Waals surface area contributed by atoms with Crippen molar-refractivity contribution in [3.05, 3.63) is 84.4 Å². The van der Waals surface area contributed by atoms with Crippen LogP contribution in [0.5, 0.6) is 5.75 Å². The van der Waals surface area contributed by atoms with Gasteiger partial charge in [0.25, 0.3) is 0 Å². The molecule has 0 aliphatic heterocycles. The number of aliphatic hydroxyl groups excluding tert-OH is 1. The number of hydrogen-bond donors (Lipinski definition) is 2. The molecule has 0 aliphatic rings. The van der Waals surface area contributed by atoms with E-state index in [1.54, 1.807) is 0 Å². The molecule has 3 aromatic rings. The molecule has 0 saturated carbocycles. The monoisotopic (exact) mass is 411 g/mol. The average Bonchev–Trinajstić information content (AvgIpc) is 2.74. The van der Waals surface area contributed by atoms with E-state index in [1.807, 2.05) is 18.2 Å². The quantitative estimate of drug-likeness (QED) is 0.367. The Morgan fingerprint density at radius 1 is 0.857 bits per heavy atom. The molecular weight excluding hydrogens is 384 g/mol. The van der Waals surface area contributed by atoms with E-state index in [1.165, 1.54) is 20.2 Å². The van der Waals surface area contributed by atoms with E-state index in [0.717, 1.165) is 12.2 Å². The van der Waals surface area contributed by atoms with Crippen LogP contribution >= 0.6 is 12.6 Å². The third-order valence-electron chi connectivity index (χ3n) is 4.80. The highest BCUT2D eigenvalue weighted by atomic mass is 32.2. The van der Waals surface area contributed by atoms with Gasteiger partial charge in [0.15, 0.2) is 14.7 Å². The van der Waals surface area contributed by atoms with Crippen molar-refractivity contribution >= 4 is 23.5 Å². The number of aliphatic hydroxyl groups is 1. The Hall–Kier alpha value is -1.88. The predicted octanol–water partition coefficient (Wildman–Crippen LogP) is 5.71. The molecule has 0 saturated heterocycles. The van der Waals surface area contributed by atoms with Crippen molar-refractivity contribution in [2.75, 3.05) is 13.2 Å². The van der Waals surface area contributed by atoms with E-state index in [9.17, 15) is 0 Å². The minimum atomic E-state index is -0.196. The second-order valence-electron chi connectivity index (χ2n) is 6.81. The van der Waals surface area contributed by atoms with Crippen LogP contribution in [0.15, 0.2) is 93.5 Å². The van der Waals surface area contributed by atoms with E-state index in [4.69, 9.17) is 22.5 Å². The third-order valence-corrected chi connectivity index (χ3v) is 7.60. The van der Waals surface area contributed by atoms with Crippen LogP contribution in [0.3, 0.4) is 0 Å². The zero-order chi connectivity index (χ0) is 20.0. The molecule has 0 spiro atoms. The van der Waals surface area contributed by atoms with Crippen LogP contribution in [0.4, 0.5) is 0 Å². The summed E-state index contributed by atoms with van der Waals surface area (Å²) in [6.45, 7) is 4.65. The van der Waals surface area contributed by atoms with E-state index < -0.39 is 0 Å². The van der Waals surface area contributed by atoms with Crippen LogP contribution in [0.1, 0.15) is 25.8 Å². The maximum absolute atomic E-state index is 8.94. The van der Waals surface area contributed by atoms with Crippen molar-refractivity contribution in [1.82, 2.24) is 0 Å². The standard InChI is InChI=1S/C24H26O2S2/c1-3-24(2,27)19-9-13-22(14-10-19)28(21-7-5-4-6-8-21)23-15-11-20(12-16-23)26-18-17-25/h4-16,25H,3,17-18H2,1-2H3/p+1. The van der Waals surface area contributed by atoms with Crippen molar-refractivity contribution in [3.63, 3.8) is 0 Å². The maximum Gasteiger partial charge on any atom is 0.166 e. The lowest BCUT2D eigenvalue weighted by molar-refractivity contribution is 0.201.